The van der Waals surface area contributed by atoms with E-state index in [0.29, 0.717) is 10.5 Å². The van der Waals surface area contributed by atoms with Gasteiger partial charge in [0.15, 0.2) is 6.54 Å². The van der Waals surface area contributed by atoms with Crippen molar-refractivity contribution < 1.29 is 28.6 Å². The highest BCUT2D eigenvalue weighted by atomic mass is 35.5. The SMILES string of the molecule is Cl.Cl.O=C1N=C(C2CCCNN2)S/C1=C\c1cccc(C2C[N+](F)(C(=O)[O-])CCO2)c1. The second-order valence-corrected chi connectivity index (χ2v) is 8.26. The number of hydrogen-bond acceptors (Lipinski definition) is 7. The number of hydrazine groups is 1. The Balaban J connectivity index is 0.00000171. The van der Waals surface area contributed by atoms with Crippen LogP contribution in [0.5, 0.6) is 0 Å². The lowest BCUT2D eigenvalue weighted by Gasteiger charge is -2.34. The summed E-state index contributed by atoms with van der Waals surface area (Å²) in [5, 5.41) is 11.9. The lowest BCUT2D eigenvalue weighted by atomic mass is 10.0. The van der Waals surface area contributed by atoms with Gasteiger partial charge >= 0.3 is 0 Å². The molecule has 1 aromatic rings. The molecule has 2 saturated heterocycles. The highest BCUT2D eigenvalue weighted by Crippen LogP contribution is 2.33. The van der Waals surface area contributed by atoms with Gasteiger partial charge in [0, 0.05) is 11.0 Å². The fraction of sp³-hybridized carbons (Fsp3) is 0.421. The number of rotatable bonds is 3. The van der Waals surface area contributed by atoms with Crippen molar-refractivity contribution in [2.75, 3.05) is 26.2 Å². The zero-order chi connectivity index (χ0) is 20.4. The fourth-order valence-corrected chi connectivity index (χ4v) is 4.54. The van der Waals surface area contributed by atoms with Gasteiger partial charge in [-0.2, -0.15) is 0 Å². The summed E-state index contributed by atoms with van der Waals surface area (Å²) in [7, 11) is 0. The van der Waals surface area contributed by atoms with E-state index < -0.39 is 16.9 Å². The Hall–Kier alpha value is -1.53. The lowest BCUT2D eigenvalue weighted by Crippen LogP contribution is -2.58. The molecule has 31 heavy (non-hydrogen) atoms. The number of morpholine rings is 1. The predicted octanol–water partition coefficient (Wildman–Crippen LogP) is 1.92. The first-order valence-electron chi connectivity index (χ1n) is 9.45. The molecule has 2 amide bonds. The molecule has 2 N–H and O–H groups in total. The van der Waals surface area contributed by atoms with Crippen LogP contribution in [0.3, 0.4) is 0 Å². The highest BCUT2D eigenvalue weighted by molar-refractivity contribution is 8.18. The molecule has 0 aliphatic carbocycles. The Labute approximate surface area is 195 Å². The molecule has 3 aliphatic heterocycles. The van der Waals surface area contributed by atoms with Crippen molar-refractivity contribution in [2.45, 2.75) is 25.0 Å². The van der Waals surface area contributed by atoms with Crippen LogP contribution in [-0.4, -0.2) is 54.0 Å². The predicted molar refractivity (Wildman–Crippen MR) is 118 cm³/mol. The summed E-state index contributed by atoms with van der Waals surface area (Å²) in [4.78, 5) is 28.1. The van der Waals surface area contributed by atoms with Crippen LogP contribution in [0.25, 0.3) is 6.08 Å². The Kier molecular flexibility index (Phi) is 9.02. The molecule has 3 unspecified atom stereocenters. The third-order valence-electron chi connectivity index (χ3n) is 5.13. The van der Waals surface area contributed by atoms with Crippen LogP contribution in [0, 0.1) is 0 Å². The van der Waals surface area contributed by atoms with E-state index in [1.807, 2.05) is 6.07 Å². The van der Waals surface area contributed by atoms with Crippen molar-refractivity contribution in [1.29, 1.82) is 0 Å². The molecule has 1 aromatic carbocycles. The van der Waals surface area contributed by atoms with Crippen LogP contribution in [0.2, 0.25) is 0 Å². The number of carbonyl (C=O) groups is 2. The maximum Gasteiger partial charge on any atom is 0.298 e. The van der Waals surface area contributed by atoms with Gasteiger partial charge in [0.25, 0.3) is 12.0 Å². The van der Waals surface area contributed by atoms with Gasteiger partial charge in [-0.15, -0.1) is 24.8 Å². The molecule has 3 heterocycles. The number of halogens is 3. The van der Waals surface area contributed by atoms with E-state index in [-0.39, 0.29) is 56.5 Å². The number of quaternary nitrogens is 1. The van der Waals surface area contributed by atoms with Crippen molar-refractivity contribution in [2.24, 2.45) is 4.99 Å². The Morgan fingerprint density at radius 2 is 2.19 bits per heavy atom. The summed E-state index contributed by atoms with van der Waals surface area (Å²) in [6.07, 6.45) is 1.19. The van der Waals surface area contributed by atoms with Gasteiger partial charge in [-0.3, -0.25) is 10.2 Å². The molecule has 0 radical (unpaired) electrons. The van der Waals surface area contributed by atoms with Crippen molar-refractivity contribution in [3.63, 3.8) is 0 Å². The number of carbonyl (C=O) groups excluding carboxylic acids is 2. The maximum atomic E-state index is 14.4. The molecule has 3 aliphatic rings. The van der Waals surface area contributed by atoms with E-state index in [0.717, 1.165) is 30.0 Å². The van der Waals surface area contributed by atoms with Gasteiger partial charge in [0.1, 0.15) is 24.3 Å². The zero-order valence-corrected chi connectivity index (χ0v) is 18.9. The average molecular weight is 493 g/mol. The molecule has 12 heteroatoms. The summed E-state index contributed by atoms with van der Waals surface area (Å²) in [5.74, 6) is -0.284. The Morgan fingerprint density at radius 1 is 1.39 bits per heavy atom. The first kappa shape index (κ1) is 25.7. The van der Waals surface area contributed by atoms with E-state index in [1.54, 1.807) is 24.3 Å². The highest BCUT2D eigenvalue weighted by Gasteiger charge is 2.40. The standard InChI is InChI=1S/C19H21FN4O4S.2ClH/c20-24(19(26)27)7-8-28-15(11-24)13-4-1-3-12(9-13)10-16-17(25)22-18(29-16)14-5-2-6-21-23-14;;/h1,3-4,9-10,14-15,21,23H,2,5-8,11H2;2*1H/b16-10-;;. The van der Waals surface area contributed by atoms with Crippen LogP contribution >= 0.6 is 36.6 Å². The van der Waals surface area contributed by atoms with E-state index in [1.165, 1.54) is 11.8 Å². The molecular formula is C19H23Cl2FN4O4S. The second-order valence-electron chi connectivity index (χ2n) is 7.20. The Bertz CT molecular complexity index is 897. The van der Waals surface area contributed by atoms with Gasteiger partial charge in [-0.05, 0) is 36.1 Å². The van der Waals surface area contributed by atoms with Crippen molar-refractivity contribution >= 4 is 59.7 Å². The number of nitrogens with one attached hydrogen (secondary N) is 2. The molecule has 8 nitrogen and oxygen atoms in total. The second kappa shape index (κ2) is 10.9. The van der Waals surface area contributed by atoms with Gasteiger partial charge in [0.05, 0.1) is 10.9 Å². The third-order valence-corrected chi connectivity index (χ3v) is 6.23. The number of amides is 2. The monoisotopic (exact) mass is 492 g/mol. The van der Waals surface area contributed by atoms with Gasteiger partial charge in [0.2, 0.25) is 0 Å². The quantitative estimate of drug-likeness (QED) is 0.490. The van der Waals surface area contributed by atoms with Crippen LogP contribution < -0.4 is 16.0 Å². The summed E-state index contributed by atoms with van der Waals surface area (Å²) in [6, 6.07) is 7.13. The summed E-state index contributed by atoms with van der Waals surface area (Å²) >= 11 is 1.34. The number of aliphatic imine (C=N–C) groups is 1. The maximum absolute atomic E-state index is 14.4. The van der Waals surface area contributed by atoms with E-state index in [2.05, 4.69) is 15.8 Å². The van der Waals surface area contributed by atoms with Gasteiger partial charge in [-0.25, -0.2) is 10.4 Å². The van der Waals surface area contributed by atoms with Crippen molar-refractivity contribution in [1.82, 2.24) is 10.9 Å². The number of thioether (sulfide) groups is 1. The minimum atomic E-state index is -1.76. The van der Waals surface area contributed by atoms with E-state index >= 15 is 0 Å². The number of carboxylic acid groups (broad SMARTS) is 1. The molecule has 3 atom stereocenters. The van der Waals surface area contributed by atoms with E-state index in [9.17, 15) is 19.2 Å². The molecule has 4 rings (SSSR count). The minimum Gasteiger partial charge on any atom is -0.496 e. The first-order valence-corrected chi connectivity index (χ1v) is 10.3. The summed E-state index contributed by atoms with van der Waals surface area (Å²) in [6.45, 7) is 0.230. The van der Waals surface area contributed by atoms with Crippen LogP contribution in [-0.2, 0) is 9.53 Å². The smallest absolute Gasteiger partial charge is 0.298 e. The Morgan fingerprint density at radius 3 is 2.90 bits per heavy atom. The zero-order valence-electron chi connectivity index (χ0n) is 16.4. The van der Waals surface area contributed by atoms with Crippen molar-refractivity contribution in [3.8, 4) is 0 Å². The molecular weight excluding hydrogens is 470 g/mol. The summed E-state index contributed by atoms with van der Waals surface area (Å²) < 4.78 is 18.3. The average Bonchev–Trinajstić information content (AvgIpc) is 3.09. The van der Waals surface area contributed by atoms with E-state index in [4.69, 9.17) is 4.74 Å². The third kappa shape index (κ3) is 5.83. The number of ether oxygens (including phenoxy) is 1. The van der Waals surface area contributed by atoms with Crippen LogP contribution in [0.1, 0.15) is 30.1 Å². The minimum absolute atomic E-state index is 0. The normalized spacial score (nSPS) is 29.6. The molecule has 0 aromatic heterocycles. The molecule has 0 saturated carbocycles. The molecule has 0 bridgehead atoms. The number of benzene rings is 1. The first-order chi connectivity index (χ1) is 13.9. The molecule has 2 fully saturated rings. The van der Waals surface area contributed by atoms with Crippen LogP contribution in [0.15, 0.2) is 34.2 Å². The number of nitrogens with zero attached hydrogens (tertiary/aromatic N) is 2. The largest absolute Gasteiger partial charge is 0.496 e. The van der Waals surface area contributed by atoms with Crippen molar-refractivity contribution in [3.05, 3.63) is 40.3 Å². The molecule has 0 spiro atoms. The number of hydrogen-bond donors (Lipinski definition) is 2. The topological polar surface area (TPSA) is 103 Å². The fourth-order valence-electron chi connectivity index (χ4n) is 3.54. The molecule has 170 valence electrons. The van der Waals surface area contributed by atoms with Gasteiger partial charge in [-0.1, -0.05) is 34.7 Å². The van der Waals surface area contributed by atoms with Gasteiger partial charge < -0.3 is 14.6 Å². The summed E-state index contributed by atoms with van der Waals surface area (Å²) in [5.41, 5.74) is 7.62. The van der Waals surface area contributed by atoms with Crippen LogP contribution in [0.4, 0.5) is 9.28 Å². The lowest BCUT2D eigenvalue weighted by molar-refractivity contribution is -1.01.